The van der Waals surface area contributed by atoms with Crippen molar-refractivity contribution in [1.29, 1.82) is 0 Å². The fourth-order valence-electron chi connectivity index (χ4n) is 2.21. The molecule has 1 aromatic carbocycles. The number of ether oxygens (including phenoxy) is 1. The number of amides is 1. The fourth-order valence-corrected chi connectivity index (χ4v) is 2.21. The van der Waals surface area contributed by atoms with E-state index >= 15 is 0 Å². The minimum Gasteiger partial charge on any atom is -0.399 e. The summed E-state index contributed by atoms with van der Waals surface area (Å²) >= 11 is 0. The summed E-state index contributed by atoms with van der Waals surface area (Å²) in [4.78, 5) is 14.3. The number of methoxy groups -OCH3 is 1. The van der Waals surface area contributed by atoms with Crippen molar-refractivity contribution in [3.63, 3.8) is 0 Å². The van der Waals surface area contributed by atoms with E-state index in [4.69, 9.17) is 10.5 Å². The van der Waals surface area contributed by atoms with Gasteiger partial charge in [-0.2, -0.15) is 0 Å². The number of hydrogen-bond acceptors (Lipinski definition) is 4. The molecule has 1 aliphatic rings. The lowest BCUT2D eigenvalue weighted by Crippen LogP contribution is -2.32. The quantitative estimate of drug-likeness (QED) is 0.710. The number of anilines is 2. The van der Waals surface area contributed by atoms with E-state index < -0.39 is 0 Å². The molecule has 0 unspecified atom stereocenters. The number of nitrogens with one attached hydrogen (secondary N) is 1. The summed E-state index contributed by atoms with van der Waals surface area (Å²) in [5.74, 6) is 0.0265. The Bertz CT molecular complexity index is 446. The molecule has 5 heteroatoms. The van der Waals surface area contributed by atoms with Gasteiger partial charge in [-0.25, -0.2) is 0 Å². The molecule has 1 aromatic rings. The average molecular weight is 277 g/mol. The van der Waals surface area contributed by atoms with Crippen LogP contribution >= 0.6 is 0 Å². The zero-order valence-corrected chi connectivity index (χ0v) is 12.0. The first kappa shape index (κ1) is 14.8. The zero-order chi connectivity index (χ0) is 14.4. The molecule has 1 saturated carbocycles. The number of nitrogen functional groups attached to an aromatic ring is 1. The first-order valence-electron chi connectivity index (χ1n) is 7.07. The lowest BCUT2D eigenvalue weighted by atomic mass is 10.2. The smallest absolute Gasteiger partial charge is 0.225 e. The fraction of sp³-hybridized carbons (Fsp3) is 0.533. The van der Waals surface area contributed by atoms with E-state index in [1.165, 1.54) is 12.8 Å². The highest BCUT2D eigenvalue weighted by Gasteiger charge is 2.28. The van der Waals surface area contributed by atoms with Gasteiger partial charge in [0.2, 0.25) is 5.91 Å². The van der Waals surface area contributed by atoms with Crippen LogP contribution in [0.1, 0.15) is 19.3 Å². The summed E-state index contributed by atoms with van der Waals surface area (Å²) in [6.45, 7) is 2.39. The van der Waals surface area contributed by atoms with Gasteiger partial charge < -0.3 is 15.8 Å². The van der Waals surface area contributed by atoms with E-state index in [1.807, 2.05) is 12.1 Å². The third kappa shape index (κ3) is 4.83. The van der Waals surface area contributed by atoms with Crippen molar-refractivity contribution in [2.75, 3.05) is 37.9 Å². The van der Waals surface area contributed by atoms with E-state index in [0.29, 0.717) is 24.8 Å². The molecular formula is C15H23N3O2. The summed E-state index contributed by atoms with van der Waals surface area (Å²) in [6.07, 6.45) is 2.97. The Morgan fingerprint density at radius 2 is 2.25 bits per heavy atom. The van der Waals surface area contributed by atoms with Crippen LogP contribution in [0.4, 0.5) is 11.4 Å². The van der Waals surface area contributed by atoms with Gasteiger partial charge in [0, 0.05) is 44.0 Å². The highest BCUT2D eigenvalue weighted by molar-refractivity contribution is 5.91. The Morgan fingerprint density at radius 3 is 2.90 bits per heavy atom. The molecule has 2 rings (SSSR count). The minimum atomic E-state index is 0.0265. The van der Waals surface area contributed by atoms with Gasteiger partial charge in [0.1, 0.15) is 0 Å². The Hall–Kier alpha value is -1.59. The maximum absolute atomic E-state index is 11.9. The van der Waals surface area contributed by atoms with Crippen molar-refractivity contribution in [2.24, 2.45) is 0 Å². The summed E-state index contributed by atoms with van der Waals surface area (Å²) in [5, 5.41) is 2.88. The molecule has 1 fully saturated rings. The van der Waals surface area contributed by atoms with Crippen LogP contribution in [0.25, 0.3) is 0 Å². The van der Waals surface area contributed by atoms with Gasteiger partial charge in [-0.05, 0) is 31.0 Å². The predicted octanol–water partition coefficient (Wildman–Crippen LogP) is 1.71. The van der Waals surface area contributed by atoms with E-state index in [0.717, 1.165) is 18.8 Å². The first-order chi connectivity index (χ1) is 9.69. The lowest BCUT2D eigenvalue weighted by Gasteiger charge is -2.21. The van der Waals surface area contributed by atoms with E-state index in [1.54, 1.807) is 19.2 Å². The Kier molecular flexibility index (Phi) is 5.38. The highest BCUT2D eigenvalue weighted by Crippen LogP contribution is 2.26. The molecule has 5 nitrogen and oxygen atoms in total. The van der Waals surface area contributed by atoms with Gasteiger partial charge in [0.05, 0.1) is 6.61 Å². The Balaban J connectivity index is 1.76. The molecule has 0 atom stereocenters. The molecule has 1 amide bonds. The average Bonchev–Trinajstić information content (AvgIpc) is 3.23. The van der Waals surface area contributed by atoms with E-state index in [2.05, 4.69) is 10.2 Å². The zero-order valence-electron chi connectivity index (χ0n) is 12.0. The second kappa shape index (κ2) is 7.26. The lowest BCUT2D eigenvalue weighted by molar-refractivity contribution is -0.116. The third-order valence-electron chi connectivity index (χ3n) is 3.44. The van der Waals surface area contributed by atoms with Crippen molar-refractivity contribution >= 4 is 17.3 Å². The SMILES string of the molecule is COCCN(CCC(=O)Nc1cccc(N)c1)C1CC1. The van der Waals surface area contributed by atoms with Crippen LogP contribution in [0.5, 0.6) is 0 Å². The van der Waals surface area contributed by atoms with Crippen LogP contribution in [0.15, 0.2) is 24.3 Å². The van der Waals surface area contributed by atoms with Crippen molar-refractivity contribution in [3.8, 4) is 0 Å². The topological polar surface area (TPSA) is 67.6 Å². The molecular weight excluding hydrogens is 254 g/mol. The molecule has 0 bridgehead atoms. The van der Waals surface area contributed by atoms with E-state index in [9.17, 15) is 4.79 Å². The number of nitrogens with zero attached hydrogens (tertiary/aromatic N) is 1. The third-order valence-corrected chi connectivity index (χ3v) is 3.44. The van der Waals surface area contributed by atoms with Crippen molar-refractivity contribution in [2.45, 2.75) is 25.3 Å². The number of carbonyl (C=O) groups is 1. The molecule has 3 N–H and O–H groups in total. The molecule has 20 heavy (non-hydrogen) atoms. The second-order valence-electron chi connectivity index (χ2n) is 5.18. The van der Waals surface area contributed by atoms with Gasteiger partial charge in [-0.3, -0.25) is 9.69 Å². The number of hydrogen-bond donors (Lipinski definition) is 2. The molecule has 0 saturated heterocycles. The summed E-state index contributed by atoms with van der Waals surface area (Å²) < 4.78 is 5.11. The number of rotatable bonds is 8. The van der Waals surface area contributed by atoms with Gasteiger partial charge >= 0.3 is 0 Å². The Labute approximate surface area is 120 Å². The standard InChI is InChI=1S/C15H23N3O2/c1-20-10-9-18(14-5-6-14)8-7-15(19)17-13-4-2-3-12(16)11-13/h2-4,11,14H,5-10,16H2,1H3,(H,17,19). The Morgan fingerprint density at radius 1 is 1.45 bits per heavy atom. The monoisotopic (exact) mass is 277 g/mol. The van der Waals surface area contributed by atoms with Crippen LogP contribution in [0.3, 0.4) is 0 Å². The van der Waals surface area contributed by atoms with Crippen molar-refractivity contribution < 1.29 is 9.53 Å². The van der Waals surface area contributed by atoms with Gasteiger partial charge in [0.15, 0.2) is 0 Å². The molecule has 0 heterocycles. The second-order valence-corrected chi connectivity index (χ2v) is 5.18. The highest BCUT2D eigenvalue weighted by atomic mass is 16.5. The summed E-state index contributed by atoms with van der Waals surface area (Å²) in [7, 11) is 1.71. The van der Waals surface area contributed by atoms with Gasteiger partial charge in [0.25, 0.3) is 0 Å². The maximum Gasteiger partial charge on any atom is 0.225 e. The van der Waals surface area contributed by atoms with Crippen LogP contribution in [-0.4, -0.2) is 43.7 Å². The van der Waals surface area contributed by atoms with Crippen molar-refractivity contribution in [3.05, 3.63) is 24.3 Å². The molecule has 0 spiro atoms. The molecule has 0 aromatic heterocycles. The largest absolute Gasteiger partial charge is 0.399 e. The van der Waals surface area contributed by atoms with Gasteiger partial charge in [-0.1, -0.05) is 6.07 Å². The van der Waals surface area contributed by atoms with Crippen molar-refractivity contribution in [1.82, 2.24) is 4.90 Å². The number of nitrogens with two attached hydrogens (primary N) is 1. The molecule has 0 aliphatic heterocycles. The molecule has 110 valence electrons. The van der Waals surface area contributed by atoms with Crippen LogP contribution in [0, 0.1) is 0 Å². The minimum absolute atomic E-state index is 0.0265. The number of carbonyl (C=O) groups excluding carboxylic acids is 1. The van der Waals surface area contributed by atoms with Crippen LogP contribution in [0.2, 0.25) is 0 Å². The molecule has 1 aliphatic carbocycles. The normalized spacial score (nSPS) is 14.5. The van der Waals surface area contributed by atoms with Gasteiger partial charge in [-0.15, -0.1) is 0 Å². The number of benzene rings is 1. The van der Waals surface area contributed by atoms with Crippen LogP contribution in [-0.2, 0) is 9.53 Å². The summed E-state index contributed by atoms with van der Waals surface area (Å²) in [5.41, 5.74) is 7.10. The van der Waals surface area contributed by atoms with E-state index in [-0.39, 0.29) is 5.91 Å². The first-order valence-corrected chi connectivity index (χ1v) is 7.07. The predicted molar refractivity (Wildman–Crippen MR) is 80.6 cm³/mol. The van der Waals surface area contributed by atoms with Crippen LogP contribution < -0.4 is 11.1 Å². The molecule has 0 radical (unpaired) electrons. The maximum atomic E-state index is 11.9. The summed E-state index contributed by atoms with van der Waals surface area (Å²) in [6, 6.07) is 7.89.